The Balaban J connectivity index is 1.98. The number of nitrogens with zero attached hydrogens (tertiary/aromatic N) is 1. The quantitative estimate of drug-likeness (QED) is 0.687. The van der Waals surface area contributed by atoms with Crippen molar-refractivity contribution in [1.29, 1.82) is 0 Å². The van der Waals surface area contributed by atoms with Crippen molar-refractivity contribution in [2.45, 2.75) is 19.8 Å². The van der Waals surface area contributed by atoms with E-state index in [4.69, 9.17) is 0 Å². The Morgan fingerprint density at radius 2 is 2.13 bits per heavy atom. The van der Waals surface area contributed by atoms with Crippen LogP contribution < -0.4 is 10.6 Å². The van der Waals surface area contributed by atoms with E-state index in [-0.39, 0.29) is 29.8 Å². The number of rotatable bonds is 7. The van der Waals surface area contributed by atoms with Crippen LogP contribution in [0, 0.1) is 5.82 Å². The molecule has 0 fully saturated rings. The predicted molar refractivity (Wildman–Crippen MR) is 87.7 cm³/mol. The van der Waals surface area contributed by atoms with E-state index in [9.17, 15) is 14.3 Å². The molecule has 6 heteroatoms. The lowest BCUT2D eigenvalue weighted by Crippen LogP contribution is -2.30. The molecule has 122 valence electrons. The number of carbonyl (C=O) groups is 1. The number of aromatic hydroxyl groups is 1. The molecule has 0 atom stereocenters. The van der Waals surface area contributed by atoms with Gasteiger partial charge in [-0.1, -0.05) is 25.5 Å². The van der Waals surface area contributed by atoms with E-state index in [2.05, 4.69) is 15.6 Å². The lowest BCUT2D eigenvalue weighted by Gasteiger charge is -2.09. The average Bonchev–Trinajstić information content (AvgIpc) is 2.54. The molecule has 1 amide bonds. The number of halogens is 1. The molecule has 3 N–H and O–H groups in total. The number of unbranched alkanes of at least 4 members (excludes halogenated alkanes) is 1. The zero-order chi connectivity index (χ0) is 16.7. The molecular weight excluding hydrogens is 297 g/mol. The Hall–Kier alpha value is -2.63. The number of nitrogens with one attached hydrogen (secondary N) is 2. The molecule has 0 saturated heterocycles. The third kappa shape index (κ3) is 4.95. The van der Waals surface area contributed by atoms with Crippen molar-refractivity contribution in [2.24, 2.45) is 0 Å². The summed E-state index contributed by atoms with van der Waals surface area (Å²) in [6.45, 7) is 2.71. The highest BCUT2D eigenvalue weighted by Crippen LogP contribution is 2.27. The molecule has 0 bridgehead atoms. The zero-order valence-corrected chi connectivity index (χ0v) is 13.0. The molecule has 0 aliphatic rings. The molecule has 0 spiro atoms. The summed E-state index contributed by atoms with van der Waals surface area (Å²) in [7, 11) is 0. The molecule has 1 aromatic carbocycles. The SMILES string of the molecule is CCCCNC(=O)CNc1ncc(-c2cccc(F)c2)cc1O. The number of anilines is 1. The number of amides is 1. The van der Waals surface area contributed by atoms with E-state index in [0.29, 0.717) is 17.7 Å². The average molecular weight is 317 g/mol. The highest BCUT2D eigenvalue weighted by atomic mass is 19.1. The second-order valence-electron chi connectivity index (χ2n) is 5.16. The largest absolute Gasteiger partial charge is 0.504 e. The minimum Gasteiger partial charge on any atom is -0.504 e. The predicted octanol–water partition coefficient (Wildman–Crippen LogP) is 2.92. The first-order valence-electron chi connectivity index (χ1n) is 7.55. The Bertz CT molecular complexity index is 677. The van der Waals surface area contributed by atoms with Crippen LogP contribution >= 0.6 is 0 Å². The van der Waals surface area contributed by atoms with Crippen molar-refractivity contribution in [3.05, 3.63) is 42.3 Å². The van der Waals surface area contributed by atoms with Crippen molar-refractivity contribution in [3.8, 4) is 16.9 Å². The van der Waals surface area contributed by atoms with Gasteiger partial charge in [0.25, 0.3) is 0 Å². The van der Waals surface area contributed by atoms with E-state index >= 15 is 0 Å². The molecular formula is C17H20FN3O2. The first-order chi connectivity index (χ1) is 11.1. The molecule has 0 radical (unpaired) electrons. The van der Waals surface area contributed by atoms with Gasteiger partial charge >= 0.3 is 0 Å². The van der Waals surface area contributed by atoms with Crippen LogP contribution in [0.4, 0.5) is 10.2 Å². The summed E-state index contributed by atoms with van der Waals surface area (Å²) in [5.74, 6) is -0.384. The summed E-state index contributed by atoms with van der Waals surface area (Å²) in [6, 6.07) is 7.52. The van der Waals surface area contributed by atoms with Crippen LogP contribution in [0.15, 0.2) is 36.5 Å². The van der Waals surface area contributed by atoms with E-state index in [1.807, 2.05) is 6.92 Å². The Kier molecular flexibility index (Phi) is 5.91. The van der Waals surface area contributed by atoms with Gasteiger partial charge in [0.1, 0.15) is 5.82 Å². The number of hydrogen-bond donors (Lipinski definition) is 3. The van der Waals surface area contributed by atoms with Crippen molar-refractivity contribution < 1.29 is 14.3 Å². The lowest BCUT2D eigenvalue weighted by molar-refractivity contribution is -0.119. The number of aromatic nitrogens is 1. The fourth-order valence-electron chi connectivity index (χ4n) is 2.05. The fourth-order valence-corrected chi connectivity index (χ4v) is 2.05. The summed E-state index contributed by atoms with van der Waals surface area (Å²) in [5.41, 5.74) is 1.22. The number of pyridine rings is 1. The van der Waals surface area contributed by atoms with Gasteiger partial charge in [0.05, 0.1) is 6.54 Å². The Labute approximate surface area is 134 Å². The topological polar surface area (TPSA) is 74.2 Å². The molecule has 2 rings (SSSR count). The first kappa shape index (κ1) is 16.7. The third-order valence-corrected chi connectivity index (χ3v) is 3.29. The third-order valence-electron chi connectivity index (χ3n) is 3.29. The molecule has 2 aromatic rings. The van der Waals surface area contributed by atoms with Gasteiger partial charge in [-0.25, -0.2) is 9.37 Å². The van der Waals surface area contributed by atoms with Crippen molar-refractivity contribution in [2.75, 3.05) is 18.4 Å². The van der Waals surface area contributed by atoms with Gasteiger partial charge in [-0.3, -0.25) is 4.79 Å². The number of benzene rings is 1. The molecule has 0 aliphatic carbocycles. The van der Waals surface area contributed by atoms with Gasteiger partial charge in [-0.2, -0.15) is 0 Å². The van der Waals surface area contributed by atoms with Crippen LogP contribution in [0.3, 0.4) is 0 Å². The highest BCUT2D eigenvalue weighted by molar-refractivity contribution is 5.81. The minimum atomic E-state index is -0.354. The number of carbonyl (C=O) groups excluding carboxylic acids is 1. The molecule has 0 unspecified atom stereocenters. The molecule has 1 heterocycles. The lowest BCUT2D eigenvalue weighted by atomic mass is 10.1. The van der Waals surface area contributed by atoms with Crippen LogP contribution in [-0.4, -0.2) is 29.1 Å². The van der Waals surface area contributed by atoms with Crippen LogP contribution in [0.2, 0.25) is 0 Å². The van der Waals surface area contributed by atoms with Crippen molar-refractivity contribution in [1.82, 2.24) is 10.3 Å². The standard InChI is InChI=1S/C17H20FN3O2/c1-2-3-7-19-16(23)11-21-17-15(22)9-13(10-20-17)12-5-4-6-14(18)8-12/h4-6,8-10,22H,2-3,7,11H2,1H3,(H,19,23)(H,20,21). The summed E-state index contributed by atoms with van der Waals surface area (Å²) < 4.78 is 13.2. The van der Waals surface area contributed by atoms with Crippen LogP contribution in [0.25, 0.3) is 11.1 Å². The molecule has 0 saturated carbocycles. The minimum absolute atomic E-state index is 0.0313. The zero-order valence-electron chi connectivity index (χ0n) is 13.0. The summed E-state index contributed by atoms with van der Waals surface area (Å²) in [4.78, 5) is 15.7. The van der Waals surface area contributed by atoms with Crippen LogP contribution in [-0.2, 0) is 4.79 Å². The normalized spacial score (nSPS) is 10.3. The van der Waals surface area contributed by atoms with Crippen molar-refractivity contribution in [3.63, 3.8) is 0 Å². The summed E-state index contributed by atoms with van der Waals surface area (Å²) in [5, 5.41) is 15.5. The van der Waals surface area contributed by atoms with Gasteiger partial charge in [0.15, 0.2) is 11.6 Å². The summed E-state index contributed by atoms with van der Waals surface area (Å²) >= 11 is 0. The van der Waals surface area contributed by atoms with E-state index < -0.39 is 0 Å². The number of hydrogen-bond acceptors (Lipinski definition) is 4. The maximum absolute atomic E-state index is 13.2. The van der Waals surface area contributed by atoms with E-state index in [0.717, 1.165) is 12.8 Å². The van der Waals surface area contributed by atoms with E-state index in [1.54, 1.807) is 12.1 Å². The smallest absolute Gasteiger partial charge is 0.239 e. The van der Waals surface area contributed by atoms with Crippen LogP contribution in [0.1, 0.15) is 19.8 Å². The molecule has 5 nitrogen and oxygen atoms in total. The van der Waals surface area contributed by atoms with E-state index in [1.165, 1.54) is 24.4 Å². The Morgan fingerprint density at radius 1 is 1.30 bits per heavy atom. The van der Waals surface area contributed by atoms with Gasteiger partial charge in [0.2, 0.25) is 5.91 Å². The van der Waals surface area contributed by atoms with Crippen molar-refractivity contribution >= 4 is 11.7 Å². The maximum Gasteiger partial charge on any atom is 0.239 e. The fraction of sp³-hybridized carbons (Fsp3) is 0.294. The maximum atomic E-state index is 13.2. The van der Waals surface area contributed by atoms with Crippen LogP contribution in [0.5, 0.6) is 5.75 Å². The second-order valence-corrected chi connectivity index (χ2v) is 5.16. The monoisotopic (exact) mass is 317 g/mol. The Morgan fingerprint density at radius 3 is 2.83 bits per heavy atom. The van der Waals surface area contributed by atoms with Gasteiger partial charge in [-0.05, 0) is 30.2 Å². The van der Waals surface area contributed by atoms with Gasteiger partial charge in [0, 0.05) is 18.3 Å². The first-order valence-corrected chi connectivity index (χ1v) is 7.55. The molecule has 0 aliphatic heterocycles. The second kappa shape index (κ2) is 8.12. The van der Waals surface area contributed by atoms with Gasteiger partial charge in [-0.15, -0.1) is 0 Å². The molecule has 23 heavy (non-hydrogen) atoms. The molecule has 1 aromatic heterocycles. The summed E-state index contributed by atoms with van der Waals surface area (Å²) in [6.07, 6.45) is 3.46. The highest BCUT2D eigenvalue weighted by Gasteiger charge is 2.08. The van der Waals surface area contributed by atoms with Gasteiger partial charge < -0.3 is 15.7 Å².